The van der Waals surface area contributed by atoms with Crippen LogP contribution in [0.1, 0.15) is 31.4 Å². The fourth-order valence-corrected chi connectivity index (χ4v) is 2.71. The highest BCUT2D eigenvalue weighted by Gasteiger charge is 2.22. The second-order valence-corrected chi connectivity index (χ2v) is 6.37. The summed E-state index contributed by atoms with van der Waals surface area (Å²) >= 11 is 3.56. The van der Waals surface area contributed by atoms with Crippen LogP contribution in [0.15, 0.2) is 10.5 Å². The first-order valence-corrected chi connectivity index (χ1v) is 7.04. The van der Waals surface area contributed by atoms with Crippen LogP contribution in [0.3, 0.4) is 0 Å². The highest BCUT2D eigenvalue weighted by atomic mass is 79.9. The van der Waals surface area contributed by atoms with Gasteiger partial charge in [0.15, 0.2) is 11.5 Å². The molecule has 2 N–H and O–H groups in total. The van der Waals surface area contributed by atoms with Crippen molar-refractivity contribution in [1.82, 2.24) is 0 Å². The highest BCUT2D eigenvalue weighted by molar-refractivity contribution is 9.10. The number of hydrogen-bond acceptors (Lipinski definition) is 3. The Bertz CT molecular complexity index is 452. The van der Waals surface area contributed by atoms with Crippen molar-refractivity contribution in [1.29, 1.82) is 0 Å². The van der Waals surface area contributed by atoms with Crippen LogP contribution in [0.5, 0.6) is 11.5 Å². The summed E-state index contributed by atoms with van der Waals surface area (Å²) in [5, 5.41) is 0. The monoisotopic (exact) mass is 313 g/mol. The summed E-state index contributed by atoms with van der Waals surface area (Å²) in [6, 6.07) is 2.09. The van der Waals surface area contributed by atoms with Crippen LogP contribution < -0.4 is 15.2 Å². The summed E-state index contributed by atoms with van der Waals surface area (Å²) in [6.07, 6.45) is 1.73. The van der Waals surface area contributed by atoms with Crippen molar-refractivity contribution in [3.63, 3.8) is 0 Å². The molecule has 0 atom stereocenters. The van der Waals surface area contributed by atoms with Crippen molar-refractivity contribution >= 4 is 15.9 Å². The second-order valence-electron chi connectivity index (χ2n) is 5.52. The van der Waals surface area contributed by atoms with Crippen molar-refractivity contribution in [2.75, 3.05) is 13.2 Å². The first-order valence-electron chi connectivity index (χ1n) is 6.25. The second kappa shape index (κ2) is 5.10. The van der Waals surface area contributed by atoms with Gasteiger partial charge in [-0.25, -0.2) is 0 Å². The lowest BCUT2D eigenvalue weighted by molar-refractivity contribution is 0.296. The van der Waals surface area contributed by atoms with E-state index < -0.39 is 0 Å². The Balaban J connectivity index is 2.45. The van der Waals surface area contributed by atoms with Crippen molar-refractivity contribution in [2.45, 2.75) is 39.2 Å². The normalized spacial score (nSPS) is 15.4. The lowest BCUT2D eigenvalue weighted by Gasteiger charge is -2.22. The van der Waals surface area contributed by atoms with Crippen LogP contribution in [0.2, 0.25) is 0 Å². The van der Waals surface area contributed by atoms with Gasteiger partial charge in [-0.05, 0) is 60.3 Å². The third-order valence-electron chi connectivity index (χ3n) is 2.97. The number of ether oxygens (including phenoxy) is 2. The Kier molecular flexibility index (Phi) is 3.87. The van der Waals surface area contributed by atoms with E-state index in [1.165, 1.54) is 5.56 Å². The molecular weight excluding hydrogens is 294 g/mol. The van der Waals surface area contributed by atoms with Crippen LogP contribution in [-0.4, -0.2) is 18.8 Å². The molecule has 0 aliphatic carbocycles. The number of nitrogens with two attached hydrogens (primary N) is 1. The van der Waals surface area contributed by atoms with E-state index >= 15 is 0 Å². The van der Waals surface area contributed by atoms with Crippen molar-refractivity contribution in [2.24, 2.45) is 5.73 Å². The molecule has 1 aliphatic rings. The fourth-order valence-electron chi connectivity index (χ4n) is 2.14. The maximum Gasteiger partial charge on any atom is 0.175 e. The van der Waals surface area contributed by atoms with E-state index in [0.717, 1.165) is 34.4 Å². The third kappa shape index (κ3) is 2.98. The molecule has 1 aliphatic heterocycles. The van der Waals surface area contributed by atoms with Gasteiger partial charge in [0.2, 0.25) is 0 Å². The van der Waals surface area contributed by atoms with Crippen LogP contribution in [0, 0.1) is 6.92 Å². The molecule has 0 saturated carbocycles. The lowest BCUT2D eigenvalue weighted by Crippen LogP contribution is -2.34. The summed E-state index contributed by atoms with van der Waals surface area (Å²) in [7, 11) is 0. The van der Waals surface area contributed by atoms with Gasteiger partial charge in [0.05, 0.1) is 17.7 Å². The molecule has 3 nitrogen and oxygen atoms in total. The molecule has 0 amide bonds. The Hall–Kier alpha value is -0.740. The minimum Gasteiger partial charge on any atom is -0.489 e. The van der Waals surface area contributed by atoms with Gasteiger partial charge < -0.3 is 15.2 Å². The number of halogens is 1. The predicted octanol–water partition coefficient (Wildman–Crippen LogP) is 3.20. The average molecular weight is 314 g/mol. The Morgan fingerprint density at radius 3 is 2.50 bits per heavy atom. The van der Waals surface area contributed by atoms with E-state index in [0.29, 0.717) is 13.2 Å². The quantitative estimate of drug-likeness (QED) is 0.912. The fraction of sp³-hybridized carbons (Fsp3) is 0.571. The van der Waals surface area contributed by atoms with Crippen molar-refractivity contribution in [3.05, 3.63) is 21.7 Å². The van der Waals surface area contributed by atoms with Gasteiger partial charge in [-0.15, -0.1) is 0 Å². The third-order valence-corrected chi connectivity index (χ3v) is 3.56. The number of hydrogen-bond donors (Lipinski definition) is 1. The van der Waals surface area contributed by atoms with Gasteiger partial charge in [-0.3, -0.25) is 0 Å². The number of benzene rings is 1. The summed E-state index contributed by atoms with van der Waals surface area (Å²) in [4.78, 5) is 0. The molecule has 4 heteroatoms. The van der Waals surface area contributed by atoms with Gasteiger partial charge in [0.25, 0.3) is 0 Å². The molecular formula is C14H20BrNO2. The molecule has 100 valence electrons. The Morgan fingerprint density at radius 1 is 1.28 bits per heavy atom. The Morgan fingerprint density at radius 2 is 1.89 bits per heavy atom. The zero-order valence-corrected chi connectivity index (χ0v) is 12.8. The van der Waals surface area contributed by atoms with E-state index in [-0.39, 0.29) is 5.54 Å². The molecule has 0 fully saturated rings. The molecule has 1 heterocycles. The SMILES string of the molecule is Cc1c(CC(C)(C)N)cc(Br)c2c1OCCCO2. The van der Waals surface area contributed by atoms with Gasteiger partial charge in [-0.2, -0.15) is 0 Å². The molecule has 0 unspecified atom stereocenters. The van der Waals surface area contributed by atoms with Crippen LogP contribution in [0.25, 0.3) is 0 Å². The van der Waals surface area contributed by atoms with Crippen LogP contribution >= 0.6 is 15.9 Å². The van der Waals surface area contributed by atoms with Gasteiger partial charge in [0, 0.05) is 12.0 Å². The Labute approximate surface area is 117 Å². The molecule has 0 aromatic heterocycles. The lowest BCUT2D eigenvalue weighted by atomic mass is 9.93. The average Bonchev–Trinajstić information content (AvgIpc) is 2.49. The molecule has 1 aromatic carbocycles. The summed E-state index contributed by atoms with van der Waals surface area (Å²) < 4.78 is 12.5. The molecule has 0 spiro atoms. The van der Waals surface area contributed by atoms with E-state index in [1.807, 2.05) is 13.8 Å². The van der Waals surface area contributed by atoms with Crippen LogP contribution in [0.4, 0.5) is 0 Å². The molecule has 0 radical (unpaired) electrons. The van der Waals surface area contributed by atoms with Gasteiger partial charge in [0.1, 0.15) is 0 Å². The van der Waals surface area contributed by atoms with Crippen molar-refractivity contribution < 1.29 is 9.47 Å². The molecule has 0 saturated heterocycles. The largest absolute Gasteiger partial charge is 0.489 e. The van der Waals surface area contributed by atoms with Crippen molar-refractivity contribution in [3.8, 4) is 11.5 Å². The predicted molar refractivity (Wildman–Crippen MR) is 76.5 cm³/mol. The molecule has 2 rings (SSSR count). The maximum absolute atomic E-state index is 6.11. The van der Waals surface area contributed by atoms with E-state index in [1.54, 1.807) is 0 Å². The molecule has 1 aromatic rings. The smallest absolute Gasteiger partial charge is 0.175 e. The topological polar surface area (TPSA) is 44.5 Å². The minimum absolute atomic E-state index is 0.232. The standard InChI is InChI=1S/C14H20BrNO2/c1-9-10(8-14(2,3)16)7-11(15)13-12(9)17-5-4-6-18-13/h7H,4-6,8,16H2,1-3H3. The summed E-state index contributed by atoms with van der Waals surface area (Å²) in [6.45, 7) is 7.54. The van der Waals surface area contributed by atoms with E-state index in [2.05, 4.69) is 28.9 Å². The zero-order valence-electron chi connectivity index (χ0n) is 11.2. The van der Waals surface area contributed by atoms with Crippen LogP contribution in [-0.2, 0) is 6.42 Å². The van der Waals surface area contributed by atoms with E-state index in [9.17, 15) is 0 Å². The molecule has 0 bridgehead atoms. The zero-order chi connectivity index (χ0) is 13.3. The maximum atomic E-state index is 6.11. The van der Waals surface area contributed by atoms with E-state index in [4.69, 9.17) is 15.2 Å². The highest BCUT2D eigenvalue weighted by Crippen LogP contribution is 2.42. The number of fused-ring (bicyclic) bond motifs is 1. The summed E-state index contributed by atoms with van der Waals surface area (Å²) in [5.41, 5.74) is 8.21. The number of rotatable bonds is 2. The van der Waals surface area contributed by atoms with Gasteiger partial charge in [-0.1, -0.05) is 0 Å². The van der Waals surface area contributed by atoms with Gasteiger partial charge >= 0.3 is 0 Å². The first-order chi connectivity index (χ1) is 8.38. The minimum atomic E-state index is -0.232. The first kappa shape index (κ1) is 13.7. The molecule has 18 heavy (non-hydrogen) atoms. The summed E-state index contributed by atoms with van der Waals surface area (Å²) in [5.74, 6) is 1.68.